The van der Waals surface area contributed by atoms with Gasteiger partial charge in [0.25, 0.3) is 0 Å². The maximum absolute atomic E-state index is 3.49. The molecular weight excluding hydrogens is 232 g/mol. The minimum atomic E-state index is 0.470. The van der Waals surface area contributed by atoms with Gasteiger partial charge in [-0.05, 0) is 42.0 Å². The molecule has 0 aliphatic carbocycles. The lowest BCUT2D eigenvalue weighted by molar-refractivity contribution is 0.418. The molecule has 19 heavy (non-hydrogen) atoms. The molecule has 1 heterocycles. The van der Waals surface area contributed by atoms with Crippen LogP contribution in [0.5, 0.6) is 0 Å². The van der Waals surface area contributed by atoms with Crippen molar-refractivity contribution in [2.24, 2.45) is 11.3 Å². The second kappa shape index (κ2) is 5.96. The van der Waals surface area contributed by atoms with E-state index in [4.69, 9.17) is 0 Å². The zero-order valence-electron chi connectivity index (χ0n) is 12.9. The van der Waals surface area contributed by atoms with E-state index >= 15 is 0 Å². The summed E-state index contributed by atoms with van der Waals surface area (Å²) in [6.45, 7) is 13.6. The van der Waals surface area contributed by atoms with Crippen molar-refractivity contribution >= 4 is 5.69 Å². The third-order valence-corrected chi connectivity index (χ3v) is 3.86. The number of rotatable bonds is 5. The Hall–Kier alpha value is -1.02. The first-order valence-corrected chi connectivity index (χ1v) is 7.51. The van der Waals surface area contributed by atoms with E-state index in [1.165, 1.54) is 30.8 Å². The van der Waals surface area contributed by atoms with Crippen LogP contribution in [0.3, 0.4) is 0 Å². The van der Waals surface area contributed by atoms with Gasteiger partial charge in [-0.2, -0.15) is 0 Å². The highest BCUT2D eigenvalue weighted by molar-refractivity contribution is 5.48. The molecule has 0 spiro atoms. The quantitative estimate of drug-likeness (QED) is 0.869. The summed E-state index contributed by atoms with van der Waals surface area (Å²) in [5.41, 5.74) is 3.22. The van der Waals surface area contributed by atoms with Crippen LogP contribution in [0.25, 0.3) is 0 Å². The van der Waals surface area contributed by atoms with Crippen LogP contribution >= 0.6 is 0 Å². The molecule has 106 valence electrons. The fourth-order valence-electron chi connectivity index (χ4n) is 2.66. The van der Waals surface area contributed by atoms with Crippen LogP contribution in [0.4, 0.5) is 5.69 Å². The first-order chi connectivity index (χ1) is 8.96. The standard InChI is InChI=1S/C17H28N2/c1-14(2)11-18-12-15-5-7-16(8-6-15)19-10-9-17(3,4)13-19/h5-8,14,18H,9-13H2,1-4H3. The average molecular weight is 260 g/mol. The Balaban J connectivity index is 1.88. The highest BCUT2D eigenvalue weighted by atomic mass is 15.2. The van der Waals surface area contributed by atoms with Gasteiger partial charge in [-0.1, -0.05) is 39.8 Å². The molecule has 1 N–H and O–H groups in total. The predicted octanol–water partition coefficient (Wildman–Crippen LogP) is 3.67. The van der Waals surface area contributed by atoms with Crippen LogP contribution in [0.1, 0.15) is 39.7 Å². The van der Waals surface area contributed by atoms with Crippen LogP contribution in [-0.2, 0) is 6.54 Å². The summed E-state index contributed by atoms with van der Waals surface area (Å²) in [7, 11) is 0. The van der Waals surface area contributed by atoms with Gasteiger partial charge in [0, 0.05) is 25.3 Å². The number of anilines is 1. The second-order valence-corrected chi connectivity index (χ2v) is 7.03. The molecule has 2 heteroatoms. The van der Waals surface area contributed by atoms with Gasteiger partial charge >= 0.3 is 0 Å². The lowest BCUT2D eigenvalue weighted by atomic mass is 9.93. The Bertz CT molecular complexity index is 392. The van der Waals surface area contributed by atoms with Crippen molar-refractivity contribution in [1.82, 2.24) is 5.32 Å². The van der Waals surface area contributed by atoms with E-state index in [1.807, 2.05) is 0 Å². The molecule has 1 fully saturated rings. The van der Waals surface area contributed by atoms with Crippen molar-refractivity contribution in [3.05, 3.63) is 29.8 Å². The molecular formula is C17H28N2. The topological polar surface area (TPSA) is 15.3 Å². The molecule has 0 unspecified atom stereocenters. The van der Waals surface area contributed by atoms with Gasteiger partial charge < -0.3 is 10.2 Å². The average Bonchev–Trinajstić information content (AvgIpc) is 2.70. The van der Waals surface area contributed by atoms with Crippen molar-refractivity contribution in [2.45, 2.75) is 40.7 Å². The third-order valence-electron chi connectivity index (χ3n) is 3.86. The zero-order valence-corrected chi connectivity index (χ0v) is 12.9. The van der Waals surface area contributed by atoms with Gasteiger partial charge in [-0.3, -0.25) is 0 Å². The van der Waals surface area contributed by atoms with Crippen LogP contribution in [-0.4, -0.2) is 19.6 Å². The van der Waals surface area contributed by atoms with E-state index in [2.05, 4.69) is 62.2 Å². The fourth-order valence-corrected chi connectivity index (χ4v) is 2.66. The Kier molecular flexibility index (Phi) is 4.51. The highest BCUT2D eigenvalue weighted by Gasteiger charge is 2.29. The van der Waals surface area contributed by atoms with Crippen molar-refractivity contribution in [3.63, 3.8) is 0 Å². The second-order valence-electron chi connectivity index (χ2n) is 7.03. The van der Waals surface area contributed by atoms with Crippen LogP contribution < -0.4 is 10.2 Å². The molecule has 1 aromatic rings. The van der Waals surface area contributed by atoms with Gasteiger partial charge in [0.05, 0.1) is 0 Å². The summed E-state index contributed by atoms with van der Waals surface area (Å²) >= 11 is 0. The molecule has 0 aromatic heterocycles. The van der Waals surface area contributed by atoms with Crippen LogP contribution in [0.15, 0.2) is 24.3 Å². The molecule has 1 aromatic carbocycles. The van der Waals surface area contributed by atoms with E-state index < -0.39 is 0 Å². The number of nitrogens with zero attached hydrogens (tertiary/aromatic N) is 1. The van der Waals surface area contributed by atoms with E-state index in [0.717, 1.165) is 13.1 Å². The van der Waals surface area contributed by atoms with E-state index in [1.54, 1.807) is 0 Å². The van der Waals surface area contributed by atoms with Crippen LogP contribution in [0, 0.1) is 11.3 Å². The summed E-state index contributed by atoms with van der Waals surface area (Å²) < 4.78 is 0. The third kappa shape index (κ3) is 4.24. The highest BCUT2D eigenvalue weighted by Crippen LogP contribution is 2.32. The fraction of sp³-hybridized carbons (Fsp3) is 0.647. The lowest BCUT2D eigenvalue weighted by Crippen LogP contribution is -2.22. The summed E-state index contributed by atoms with van der Waals surface area (Å²) in [4.78, 5) is 2.51. The predicted molar refractivity (Wildman–Crippen MR) is 83.6 cm³/mol. The smallest absolute Gasteiger partial charge is 0.0366 e. The number of hydrogen-bond donors (Lipinski definition) is 1. The normalized spacial score (nSPS) is 18.3. The Labute approximate surface area is 118 Å². The minimum Gasteiger partial charge on any atom is -0.371 e. The first-order valence-electron chi connectivity index (χ1n) is 7.51. The maximum Gasteiger partial charge on any atom is 0.0366 e. The summed E-state index contributed by atoms with van der Waals surface area (Å²) in [5.74, 6) is 0.714. The molecule has 2 rings (SSSR count). The van der Waals surface area contributed by atoms with Crippen molar-refractivity contribution < 1.29 is 0 Å². The summed E-state index contributed by atoms with van der Waals surface area (Å²) in [5, 5.41) is 3.49. The molecule has 0 atom stereocenters. The number of nitrogens with one attached hydrogen (secondary N) is 1. The Morgan fingerprint density at radius 2 is 1.89 bits per heavy atom. The molecule has 1 aliphatic heterocycles. The molecule has 1 saturated heterocycles. The van der Waals surface area contributed by atoms with Gasteiger partial charge in [0.15, 0.2) is 0 Å². The lowest BCUT2D eigenvalue weighted by Gasteiger charge is -2.21. The van der Waals surface area contributed by atoms with Gasteiger partial charge in [-0.25, -0.2) is 0 Å². The van der Waals surface area contributed by atoms with Gasteiger partial charge in [0.1, 0.15) is 0 Å². The Morgan fingerprint density at radius 3 is 2.42 bits per heavy atom. The van der Waals surface area contributed by atoms with Gasteiger partial charge in [-0.15, -0.1) is 0 Å². The molecule has 0 amide bonds. The van der Waals surface area contributed by atoms with Crippen LogP contribution in [0.2, 0.25) is 0 Å². The SMILES string of the molecule is CC(C)CNCc1ccc(N2CCC(C)(C)C2)cc1. The molecule has 0 saturated carbocycles. The molecule has 1 aliphatic rings. The maximum atomic E-state index is 3.49. The van der Waals surface area contributed by atoms with E-state index in [0.29, 0.717) is 11.3 Å². The molecule has 2 nitrogen and oxygen atoms in total. The summed E-state index contributed by atoms with van der Waals surface area (Å²) in [6, 6.07) is 9.06. The molecule has 0 bridgehead atoms. The van der Waals surface area contributed by atoms with Crippen molar-refractivity contribution in [1.29, 1.82) is 0 Å². The summed E-state index contributed by atoms with van der Waals surface area (Å²) in [6.07, 6.45) is 1.30. The largest absolute Gasteiger partial charge is 0.371 e. The van der Waals surface area contributed by atoms with Gasteiger partial charge in [0.2, 0.25) is 0 Å². The van der Waals surface area contributed by atoms with E-state index in [9.17, 15) is 0 Å². The Morgan fingerprint density at radius 1 is 1.21 bits per heavy atom. The first kappa shape index (κ1) is 14.4. The number of hydrogen-bond acceptors (Lipinski definition) is 2. The number of benzene rings is 1. The van der Waals surface area contributed by atoms with Crippen molar-refractivity contribution in [2.75, 3.05) is 24.5 Å². The minimum absolute atomic E-state index is 0.470. The van der Waals surface area contributed by atoms with Crippen molar-refractivity contribution in [3.8, 4) is 0 Å². The molecule has 0 radical (unpaired) electrons. The monoisotopic (exact) mass is 260 g/mol. The van der Waals surface area contributed by atoms with E-state index in [-0.39, 0.29) is 0 Å². The zero-order chi connectivity index (χ0) is 13.9.